The van der Waals surface area contributed by atoms with E-state index in [0.717, 1.165) is 0 Å². The first-order chi connectivity index (χ1) is 14.9. The van der Waals surface area contributed by atoms with E-state index in [-0.39, 0.29) is 39.6 Å². The number of halogens is 3. The average molecular weight is 444 g/mol. The van der Waals surface area contributed by atoms with Gasteiger partial charge < -0.3 is 14.8 Å². The molecule has 0 spiro atoms. The molecule has 4 aromatic rings. The molecule has 3 aromatic heterocycles. The number of aromatic amines is 1. The number of hydrogen-bond acceptors (Lipinski definition) is 6. The molecular formula is C19H12ClF2N7O2. The van der Waals surface area contributed by atoms with Crippen molar-refractivity contribution in [2.45, 2.75) is 18.7 Å². The van der Waals surface area contributed by atoms with Crippen LogP contribution in [0.15, 0.2) is 24.8 Å². The molecule has 1 fully saturated rings. The molecule has 0 radical (unpaired) electrons. The first-order valence-corrected chi connectivity index (χ1v) is 9.48. The Morgan fingerprint density at radius 2 is 2.23 bits per heavy atom. The van der Waals surface area contributed by atoms with Crippen molar-refractivity contribution in [3.63, 3.8) is 0 Å². The largest absolute Gasteiger partial charge is 0.374 e. The van der Waals surface area contributed by atoms with Crippen molar-refractivity contribution in [3.05, 3.63) is 41.2 Å². The summed E-state index contributed by atoms with van der Waals surface area (Å²) in [5.41, 5.74) is 0.682. The van der Waals surface area contributed by atoms with Crippen molar-refractivity contribution in [2.24, 2.45) is 5.92 Å². The lowest BCUT2D eigenvalue weighted by molar-refractivity contribution is -0.117. The van der Waals surface area contributed by atoms with Crippen LogP contribution in [0.2, 0.25) is 5.02 Å². The van der Waals surface area contributed by atoms with Crippen molar-refractivity contribution in [1.29, 1.82) is 5.26 Å². The fourth-order valence-corrected chi connectivity index (χ4v) is 3.75. The molecule has 1 saturated carbocycles. The van der Waals surface area contributed by atoms with Crippen molar-refractivity contribution >= 4 is 39.9 Å². The molecule has 0 saturated heterocycles. The number of nitrogens with zero attached hydrogens (tertiary/aromatic N) is 5. The number of aliphatic hydroxyl groups excluding tert-OH is 1. The number of benzene rings is 1. The molecule has 5 rings (SSSR count). The van der Waals surface area contributed by atoms with Gasteiger partial charge in [0.05, 0.1) is 52.4 Å². The Labute approximate surface area is 177 Å². The molecule has 0 aliphatic heterocycles. The predicted molar refractivity (Wildman–Crippen MR) is 105 cm³/mol. The first kappa shape index (κ1) is 19.3. The topological polar surface area (TPSA) is 132 Å². The van der Waals surface area contributed by atoms with Crippen molar-refractivity contribution in [3.8, 4) is 17.3 Å². The second-order valence-electron chi connectivity index (χ2n) is 7.12. The third kappa shape index (κ3) is 3.08. The monoisotopic (exact) mass is 443 g/mol. The lowest BCUT2D eigenvalue weighted by Gasteiger charge is -2.12. The van der Waals surface area contributed by atoms with Crippen LogP contribution in [0.5, 0.6) is 0 Å². The summed E-state index contributed by atoms with van der Waals surface area (Å²) >= 11 is 6.26. The average Bonchev–Trinajstić information content (AvgIpc) is 3.12. The van der Waals surface area contributed by atoms with Gasteiger partial charge in [0.1, 0.15) is 6.17 Å². The minimum absolute atomic E-state index is 0.122. The number of amides is 1. The van der Waals surface area contributed by atoms with E-state index in [2.05, 4.69) is 25.5 Å². The predicted octanol–water partition coefficient (Wildman–Crippen LogP) is 2.92. The van der Waals surface area contributed by atoms with E-state index in [1.165, 1.54) is 24.8 Å². The molecule has 156 valence electrons. The maximum absolute atomic E-state index is 15.0. The van der Waals surface area contributed by atoms with E-state index in [9.17, 15) is 18.7 Å². The molecule has 3 atom stereocenters. The van der Waals surface area contributed by atoms with Crippen LogP contribution in [0.25, 0.3) is 27.8 Å². The number of carbonyl (C=O) groups is 1. The number of aromatic nitrogens is 5. The van der Waals surface area contributed by atoms with Crippen LogP contribution < -0.4 is 5.32 Å². The molecule has 0 bridgehead atoms. The molecular weight excluding hydrogens is 432 g/mol. The van der Waals surface area contributed by atoms with E-state index < -0.39 is 29.9 Å². The smallest absolute Gasteiger partial charge is 0.231 e. The van der Waals surface area contributed by atoms with E-state index in [4.69, 9.17) is 16.9 Å². The van der Waals surface area contributed by atoms with Crippen LogP contribution in [0, 0.1) is 23.1 Å². The van der Waals surface area contributed by atoms with Gasteiger partial charge in [-0.1, -0.05) is 11.6 Å². The number of nitriles is 1. The Balaban J connectivity index is 1.59. The fraction of sp³-hybridized carbons (Fsp3) is 0.211. The highest BCUT2D eigenvalue weighted by molar-refractivity contribution is 6.35. The van der Waals surface area contributed by atoms with Crippen molar-refractivity contribution < 1.29 is 18.7 Å². The summed E-state index contributed by atoms with van der Waals surface area (Å²) in [6.45, 7) is 0. The third-order valence-corrected chi connectivity index (χ3v) is 5.48. The maximum Gasteiger partial charge on any atom is 0.231 e. The molecule has 1 aliphatic rings. The molecule has 9 nitrogen and oxygen atoms in total. The minimum Gasteiger partial charge on any atom is -0.374 e. The second kappa shape index (κ2) is 6.97. The summed E-state index contributed by atoms with van der Waals surface area (Å²) in [4.78, 5) is 20.4. The summed E-state index contributed by atoms with van der Waals surface area (Å²) in [6, 6.07) is 1.57. The van der Waals surface area contributed by atoms with Gasteiger partial charge in [-0.15, -0.1) is 0 Å². The fourth-order valence-electron chi connectivity index (χ4n) is 3.45. The highest BCUT2D eigenvalue weighted by Crippen LogP contribution is 2.40. The van der Waals surface area contributed by atoms with Gasteiger partial charge in [0.25, 0.3) is 0 Å². The van der Waals surface area contributed by atoms with Gasteiger partial charge in [0, 0.05) is 17.1 Å². The Morgan fingerprint density at radius 1 is 1.45 bits per heavy atom. The normalized spacial score (nSPS) is 18.8. The zero-order valence-corrected chi connectivity index (χ0v) is 16.2. The molecule has 1 aromatic carbocycles. The van der Waals surface area contributed by atoms with Crippen LogP contribution in [0.3, 0.4) is 0 Å². The molecule has 31 heavy (non-hydrogen) atoms. The number of carbonyl (C=O) groups excluding carboxylic acids is 1. The van der Waals surface area contributed by atoms with Gasteiger partial charge in [-0.25, -0.2) is 13.8 Å². The minimum atomic E-state index is -1.74. The van der Waals surface area contributed by atoms with E-state index in [1.54, 1.807) is 10.5 Å². The Bertz CT molecular complexity index is 1410. The Kier molecular flexibility index (Phi) is 4.35. The lowest BCUT2D eigenvalue weighted by Crippen LogP contribution is -2.15. The van der Waals surface area contributed by atoms with Crippen LogP contribution in [-0.2, 0) is 4.79 Å². The highest BCUT2D eigenvalue weighted by Gasteiger charge is 2.43. The zero-order chi connectivity index (χ0) is 21.9. The van der Waals surface area contributed by atoms with Crippen LogP contribution in [0.4, 0.5) is 14.6 Å². The maximum atomic E-state index is 15.0. The van der Waals surface area contributed by atoms with Gasteiger partial charge in [-0.3, -0.25) is 14.9 Å². The number of hydrogen-bond donors (Lipinski definition) is 3. The Hall–Kier alpha value is -3.62. The number of H-pyrrole nitrogens is 1. The molecule has 12 heteroatoms. The molecule has 1 aliphatic carbocycles. The number of imidazole rings is 1. The Morgan fingerprint density at radius 3 is 2.94 bits per heavy atom. The van der Waals surface area contributed by atoms with Gasteiger partial charge in [0.15, 0.2) is 23.4 Å². The quantitative estimate of drug-likeness (QED) is 0.415. The molecule has 1 unspecified atom stereocenters. The van der Waals surface area contributed by atoms with Crippen LogP contribution in [-0.4, -0.2) is 41.8 Å². The van der Waals surface area contributed by atoms with E-state index in [1.807, 2.05) is 0 Å². The first-order valence-electron chi connectivity index (χ1n) is 9.10. The summed E-state index contributed by atoms with van der Waals surface area (Å²) in [5.74, 6) is -1.84. The van der Waals surface area contributed by atoms with E-state index >= 15 is 0 Å². The van der Waals surface area contributed by atoms with Gasteiger partial charge in [-0.05, 0) is 6.42 Å². The molecule has 3 N–H and O–H groups in total. The van der Waals surface area contributed by atoms with Crippen molar-refractivity contribution in [1.82, 2.24) is 24.6 Å². The standard InChI is InChI=1S/C19H12ClF2N7O2/c20-16-14(8-3-25-28-18(8)15(17(16)22)11(30)2-23)10-5-29-6-12(26-13(29)4-24-10)27-19(31)7-1-9(7)21/h3-7,9,11,30H,1H2,(H,25,28)(H,27,31)/t7-,9+,11?/m1/s1. The van der Waals surface area contributed by atoms with Crippen LogP contribution in [0.1, 0.15) is 18.1 Å². The van der Waals surface area contributed by atoms with E-state index in [0.29, 0.717) is 11.0 Å². The highest BCUT2D eigenvalue weighted by atomic mass is 35.5. The number of alkyl halides is 1. The summed E-state index contributed by atoms with van der Waals surface area (Å²) in [6.07, 6.45) is 3.17. The van der Waals surface area contributed by atoms with Gasteiger partial charge >= 0.3 is 0 Å². The molecule has 3 heterocycles. The van der Waals surface area contributed by atoms with Gasteiger partial charge in [-0.2, -0.15) is 10.4 Å². The SMILES string of the molecule is N#CC(O)c1c(F)c(Cl)c(-c2cn3cc(NC(=O)[C@@H]4C[C@@H]4F)nc3cn2)c2cn[nH]c12. The number of nitrogens with one attached hydrogen (secondary N) is 2. The van der Waals surface area contributed by atoms with Crippen LogP contribution >= 0.6 is 11.6 Å². The number of aliphatic hydroxyl groups is 1. The summed E-state index contributed by atoms with van der Waals surface area (Å²) in [5, 5.41) is 27.9. The lowest BCUT2D eigenvalue weighted by atomic mass is 10.00. The summed E-state index contributed by atoms with van der Waals surface area (Å²) in [7, 11) is 0. The number of anilines is 1. The van der Waals surface area contributed by atoms with Gasteiger partial charge in [0.2, 0.25) is 5.91 Å². The second-order valence-corrected chi connectivity index (χ2v) is 7.50. The number of fused-ring (bicyclic) bond motifs is 2. The van der Waals surface area contributed by atoms with Crippen molar-refractivity contribution in [2.75, 3.05) is 5.32 Å². The molecule has 1 amide bonds. The summed E-state index contributed by atoms with van der Waals surface area (Å²) < 4.78 is 29.6. The zero-order valence-electron chi connectivity index (χ0n) is 15.5. The number of rotatable bonds is 4. The third-order valence-electron chi connectivity index (χ3n) is 5.12.